The first-order valence-electron chi connectivity index (χ1n) is 7.44. The van der Waals surface area contributed by atoms with Crippen LogP contribution in [0, 0.1) is 5.92 Å². The standard InChI is InChI=1S/C17H23N3O2/c1-11(2)10-20-17(21)15(12(3)18)9-16(19-20)13-6-5-7-14(8-13)22-4/h5-9,11-12H,10,18H2,1-4H3. The molecule has 0 amide bonds. The number of aromatic nitrogens is 2. The van der Waals surface area contributed by atoms with Crippen LogP contribution in [-0.4, -0.2) is 16.9 Å². The summed E-state index contributed by atoms with van der Waals surface area (Å²) in [6.07, 6.45) is 0. The minimum absolute atomic E-state index is 0.115. The Hall–Kier alpha value is -2.14. The summed E-state index contributed by atoms with van der Waals surface area (Å²) in [7, 11) is 1.62. The minimum Gasteiger partial charge on any atom is -0.497 e. The molecule has 22 heavy (non-hydrogen) atoms. The molecule has 0 aliphatic carbocycles. The summed E-state index contributed by atoms with van der Waals surface area (Å²) >= 11 is 0. The molecule has 0 aliphatic heterocycles. The van der Waals surface area contributed by atoms with E-state index in [4.69, 9.17) is 10.5 Å². The summed E-state index contributed by atoms with van der Waals surface area (Å²) in [4.78, 5) is 12.4. The van der Waals surface area contributed by atoms with E-state index in [0.717, 1.165) is 17.0 Å². The van der Waals surface area contributed by atoms with Gasteiger partial charge in [0, 0.05) is 23.7 Å². The van der Waals surface area contributed by atoms with Crippen molar-refractivity contribution < 1.29 is 4.74 Å². The summed E-state index contributed by atoms with van der Waals surface area (Å²) in [6, 6.07) is 9.06. The molecule has 1 atom stereocenters. The van der Waals surface area contributed by atoms with Gasteiger partial charge in [-0.3, -0.25) is 4.79 Å². The van der Waals surface area contributed by atoms with Crippen molar-refractivity contribution >= 4 is 0 Å². The molecule has 0 spiro atoms. The summed E-state index contributed by atoms with van der Waals surface area (Å²) in [5, 5.41) is 4.49. The maximum atomic E-state index is 12.4. The first kappa shape index (κ1) is 16.2. The van der Waals surface area contributed by atoms with E-state index >= 15 is 0 Å². The van der Waals surface area contributed by atoms with Gasteiger partial charge in [0.2, 0.25) is 0 Å². The van der Waals surface area contributed by atoms with Gasteiger partial charge in [0.25, 0.3) is 5.56 Å². The first-order chi connectivity index (χ1) is 10.4. The number of hydrogen-bond acceptors (Lipinski definition) is 4. The van der Waals surface area contributed by atoms with Crippen molar-refractivity contribution in [2.24, 2.45) is 11.7 Å². The lowest BCUT2D eigenvalue weighted by atomic mass is 10.1. The zero-order valence-corrected chi connectivity index (χ0v) is 13.5. The van der Waals surface area contributed by atoms with Crippen LogP contribution in [0.1, 0.15) is 32.4 Å². The van der Waals surface area contributed by atoms with Gasteiger partial charge >= 0.3 is 0 Å². The zero-order valence-electron chi connectivity index (χ0n) is 13.5. The topological polar surface area (TPSA) is 70.1 Å². The number of nitrogens with two attached hydrogens (primary N) is 1. The largest absolute Gasteiger partial charge is 0.497 e. The van der Waals surface area contributed by atoms with E-state index in [2.05, 4.69) is 18.9 Å². The number of nitrogens with zero attached hydrogens (tertiary/aromatic N) is 2. The normalized spacial score (nSPS) is 12.5. The van der Waals surface area contributed by atoms with E-state index < -0.39 is 0 Å². The second-order valence-electron chi connectivity index (χ2n) is 5.89. The van der Waals surface area contributed by atoms with Gasteiger partial charge in [0.15, 0.2) is 0 Å². The number of methoxy groups -OCH3 is 1. The fourth-order valence-corrected chi connectivity index (χ4v) is 2.28. The Morgan fingerprint density at radius 1 is 1.27 bits per heavy atom. The molecule has 0 bridgehead atoms. The average molecular weight is 301 g/mol. The van der Waals surface area contributed by atoms with Crippen molar-refractivity contribution in [3.05, 3.63) is 46.2 Å². The quantitative estimate of drug-likeness (QED) is 0.921. The van der Waals surface area contributed by atoms with Crippen molar-refractivity contribution in [3.63, 3.8) is 0 Å². The van der Waals surface area contributed by atoms with Gasteiger partial charge in [0.05, 0.1) is 12.8 Å². The third-order valence-corrected chi connectivity index (χ3v) is 3.40. The highest BCUT2D eigenvalue weighted by Gasteiger charge is 2.14. The van der Waals surface area contributed by atoms with Gasteiger partial charge in [0.1, 0.15) is 5.75 Å². The molecule has 1 unspecified atom stereocenters. The molecule has 5 nitrogen and oxygen atoms in total. The van der Waals surface area contributed by atoms with Crippen LogP contribution in [0.15, 0.2) is 35.1 Å². The highest BCUT2D eigenvalue weighted by molar-refractivity contribution is 5.61. The molecule has 2 aromatic rings. The Labute approximate surface area is 130 Å². The van der Waals surface area contributed by atoms with Crippen LogP contribution in [0.3, 0.4) is 0 Å². The smallest absolute Gasteiger partial charge is 0.271 e. The van der Waals surface area contributed by atoms with Gasteiger partial charge in [-0.05, 0) is 31.0 Å². The van der Waals surface area contributed by atoms with Crippen LogP contribution >= 0.6 is 0 Å². The monoisotopic (exact) mass is 301 g/mol. The second kappa shape index (κ2) is 6.75. The molecule has 0 fully saturated rings. The predicted octanol–water partition coefficient (Wildman–Crippen LogP) is 2.59. The first-order valence-corrected chi connectivity index (χ1v) is 7.44. The molecule has 1 aromatic heterocycles. The second-order valence-corrected chi connectivity index (χ2v) is 5.89. The van der Waals surface area contributed by atoms with Crippen molar-refractivity contribution in [1.29, 1.82) is 0 Å². The highest BCUT2D eigenvalue weighted by Crippen LogP contribution is 2.23. The van der Waals surface area contributed by atoms with E-state index in [1.54, 1.807) is 13.2 Å². The summed E-state index contributed by atoms with van der Waals surface area (Å²) in [5.41, 5.74) is 8.04. The lowest BCUT2D eigenvalue weighted by Crippen LogP contribution is -2.31. The minimum atomic E-state index is -0.335. The summed E-state index contributed by atoms with van der Waals surface area (Å²) in [6.45, 7) is 6.48. The van der Waals surface area contributed by atoms with Crippen LogP contribution < -0.4 is 16.0 Å². The average Bonchev–Trinajstić information content (AvgIpc) is 2.48. The van der Waals surface area contributed by atoms with Crippen LogP contribution in [0.5, 0.6) is 5.75 Å². The Bertz CT molecular complexity index is 705. The third-order valence-electron chi connectivity index (χ3n) is 3.40. The zero-order chi connectivity index (χ0) is 16.3. The predicted molar refractivity (Wildman–Crippen MR) is 87.9 cm³/mol. The molecular weight excluding hydrogens is 278 g/mol. The molecule has 0 saturated carbocycles. The van der Waals surface area contributed by atoms with Crippen molar-refractivity contribution in [2.45, 2.75) is 33.4 Å². The van der Waals surface area contributed by atoms with Crippen LogP contribution in [0.4, 0.5) is 0 Å². The molecule has 0 saturated heterocycles. The number of benzene rings is 1. The van der Waals surface area contributed by atoms with E-state index in [1.165, 1.54) is 4.68 Å². The van der Waals surface area contributed by atoms with E-state index in [-0.39, 0.29) is 11.6 Å². The SMILES string of the molecule is COc1cccc(-c2cc(C(C)N)c(=O)n(CC(C)C)n2)c1. The Morgan fingerprint density at radius 3 is 2.59 bits per heavy atom. The molecule has 0 aliphatic rings. The molecule has 2 N–H and O–H groups in total. The van der Waals surface area contributed by atoms with E-state index in [1.807, 2.05) is 31.2 Å². The molecule has 1 heterocycles. The molecule has 1 aromatic carbocycles. The van der Waals surface area contributed by atoms with Gasteiger partial charge < -0.3 is 10.5 Å². The molecule has 5 heteroatoms. The fourth-order valence-electron chi connectivity index (χ4n) is 2.28. The lowest BCUT2D eigenvalue weighted by molar-refractivity contribution is 0.415. The number of rotatable bonds is 5. The number of ether oxygens (including phenoxy) is 1. The van der Waals surface area contributed by atoms with Gasteiger partial charge in [-0.1, -0.05) is 26.0 Å². The molecule has 0 radical (unpaired) electrons. The van der Waals surface area contributed by atoms with Gasteiger partial charge in [-0.15, -0.1) is 0 Å². The molecular formula is C17H23N3O2. The summed E-state index contributed by atoms with van der Waals surface area (Å²) in [5.74, 6) is 1.08. The third kappa shape index (κ3) is 3.54. The summed E-state index contributed by atoms with van der Waals surface area (Å²) < 4.78 is 6.76. The molecule has 118 valence electrons. The highest BCUT2D eigenvalue weighted by atomic mass is 16.5. The van der Waals surface area contributed by atoms with Gasteiger partial charge in [-0.25, -0.2) is 4.68 Å². The maximum Gasteiger partial charge on any atom is 0.271 e. The van der Waals surface area contributed by atoms with Crippen molar-refractivity contribution in [2.75, 3.05) is 7.11 Å². The Kier molecular flexibility index (Phi) is 4.98. The van der Waals surface area contributed by atoms with Crippen LogP contribution in [-0.2, 0) is 6.54 Å². The Balaban J connectivity index is 2.60. The van der Waals surface area contributed by atoms with Crippen molar-refractivity contribution in [3.8, 4) is 17.0 Å². The van der Waals surface area contributed by atoms with Gasteiger partial charge in [-0.2, -0.15) is 5.10 Å². The van der Waals surface area contributed by atoms with Crippen LogP contribution in [0.2, 0.25) is 0 Å². The Morgan fingerprint density at radius 2 is 2.00 bits per heavy atom. The van der Waals surface area contributed by atoms with Crippen LogP contribution in [0.25, 0.3) is 11.3 Å². The molecule has 2 rings (SSSR count). The fraction of sp³-hybridized carbons (Fsp3) is 0.412. The van der Waals surface area contributed by atoms with E-state index in [9.17, 15) is 4.79 Å². The number of hydrogen-bond donors (Lipinski definition) is 1. The van der Waals surface area contributed by atoms with Crippen molar-refractivity contribution in [1.82, 2.24) is 9.78 Å². The maximum absolute atomic E-state index is 12.4. The lowest BCUT2D eigenvalue weighted by Gasteiger charge is -2.14. The van der Waals surface area contributed by atoms with E-state index in [0.29, 0.717) is 18.0 Å².